The summed E-state index contributed by atoms with van der Waals surface area (Å²) < 4.78 is 18.1. The molecule has 140 valence electrons. The number of nitrogens with zero attached hydrogens (tertiary/aromatic N) is 6. The number of aryl methyl sites for hydroxylation is 2. The largest absolute Gasteiger partial charge is 0.332 e. The molecule has 0 aliphatic carbocycles. The molecular weight excluding hydrogens is 367 g/mol. The van der Waals surface area contributed by atoms with Crippen LogP contribution in [-0.2, 0) is 14.1 Å². The van der Waals surface area contributed by atoms with E-state index < -0.39 is 5.82 Å². The molecule has 0 fully saturated rings. The normalized spacial score (nSPS) is 11.2. The van der Waals surface area contributed by atoms with Crippen LogP contribution in [0.25, 0.3) is 44.3 Å². The lowest BCUT2D eigenvalue weighted by atomic mass is 9.96. The van der Waals surface area contributed by atoms with E-state index in [4.69, 9.17) is 10.2 Å². The van der Waals surface area contributed by atoms with Gasteiger partial charge in [-0.1, -0.05) is 12.1 Å². The number of aromatic nitrogens is 5. The van der Waals surface area contributed by atoms with Gasteiger partial charge >= 0.3 is 0 Å². The van der Waals surface area contributed by atoms with Crippen LogP contribution in [0.2, 0.25) is 0 Å². The van der Waals surface area contributed by atoms with Crippen molar-refractivity contribution >= 4 is 21.9 Å². The van der Waals surface area contributed by atoms with Crippen LogP contribution in [0.4, 0.5) is 4.39 Å². The molecule has 0 radical (unpaired) electrons. The fourth-order valence-corrected chi connectivity index (χ4v) is 3.65. The van der Waals surface area contributed by atoms with E-state index in [1.165, 1.54) is 12.1 Å². The van der Waals surface area contributed by atoms with Gasteiger partial charge in [0.2, 0.25) is 0 Å². The molecule has 5 rings (SSSR count). The van der Waals surface area contributed by atoms with Crippen molar-refractivity contribution in [3.05, 3.63) is 66.5 Å². The summed E-state index contributed by atoms with van der Waals surface area (Å²) in [4.78, 5) is 9.24. The average molecular weight is 382 g/mol. The smallest absolute Gasteiger partial charge is 0.141 e. The molecule has 0 saturated carbocycles. The lowest BCUT2D eigenvalue weighted by Gasteiger charge is -2.11. The molecular formula is C22H15FN6. The molecule has 0 atom stereocenters. The molecule has 0 N–H and O–H groups in total. The zero-order valence-electron chi connectivity index (χ0n) is 15.8. The highest BCUT2D eigenvalue weighted by atomic mass is 19.1. The summed E-state index contributed by atoms with van der Waals surface area (Å²) in [6, 6.07) is 12.4. The van der Waals surface area contributed by atoms with Crippen molar-refractivity contribution in [2.45, 2.75) is 0 Å². The SMILES string of the molecule is Cn1cnc2c(-c3ccc(C#N)c(F)c3)c(-c3ccc4c(cnn4C)c3)ncc21. The van der Waals surface area contributed by atoms with Crippen LogP contribution >= 0.6 is 0 Å². The molecule has 5 aromatic rings. The van der Waals surface area contributed by atoms with Gasteiger partial charge in [0.15, 0.2) is 0 Å². The van der Waals surface area contributed by atoms with E-state index in [0.29, 0.717) is 11.3 Å². The number of hydrogen-bond acceptors (Lipinski definition) is 4. The highest BCUT2D eigenvalue weighted by Gasteiger charge is 2.18. The van der Waals surface area contributed by atoms with E-state index in [1.54, 1.807) is 24.8 Å². The summed E-state index contributed by atoms with van der Waals surface area (Å²) in [5.74, 6) is -0.563. The Kier molecular flexibility index (Phi) is 3.68. The lowest BCUT2D eigenvalue weighted by Crippen LogP contribution is -1.95. The summed E-state index contributed by atoms with van der Waals surface area (Å²) in [5.41, 5.74) is 5.54. The summed E-state index contributed by atoms with van der Waals surface area (Å²) in [6.45, 7) is 0. The van der Waals surface area contributed by atoms with Crippen molar-refractivity contribution < 1.29 is 4.39 Å². The monoisotopic (exact) mass is 382 g/mol. The Bertz CT molecular complexity index is 1450. The zero-order valence-corrected chi connectivity index (χ0v) is 15.8. The maximum absolute atomic E-state index is 14.4. The number of nitriles is 1. The fraction of sp³-hybridized carbons (Fsp3) is 0.0909. The number of halogens is 1. The van der Waals surface area contributed by atoms with Gasteiger partial charge < -0.3 is 4.57 Å². The molecule has 7 heteroatoms. The molecule has 3 heterocycles. The molecule has 6 nitrogen and oxygen atoms in total. The third kappa shape index (κ3) is 2.57. The minimum Gasteiger partial charge on any atom is -0.332 e. The number of imidazole rings is 1. The highest BCUT2D eigenvalue weighted by Crippen LogP contribution is 2.37. The van der Waals surface area contributed by atoms with E-state index in [1.807, 2.05) is 47.6 Å². The molecule has 0 aliphatic heterocycles. The van der Waals surface area contributed by atoms with E-state index in [2.05, 4.69) is 10.1 Å². The van der Waals surface area contributed by atoms with Gasteiger partial charge in [0, 0.05) is 30.6 Å². The van der Waals surface area contributed by atoms with Crippen molar-refractivity contribution in [3.63, 3.8) is 0 Å². The quantitative estimate of drug-likeness (QED) is 0.459. The van der Waals surface area contributed by atoms with Crippen molar-refractivity contribution in [1.29, 1.82) is 5.26 Å². The molecule has 0 aliphatic rings. The molecule has 0 saturated heterocycles. The first-order chi connectivity index (χ1) is 14.1. The molecule has 0 bridgehead atoms. The molecule has 0 amide bonds. The predicted molar refractivity (Wildman–Crippen MR) is 108 cm³/mol. The Balaban J connectivity index is 1.82. The van der Waals surface area contributed by atoms with Crippen LogP contribution in [0.15, 0.2) is 55.1 Å². The number of hydrogen-bond donors (Lipinski definition) is 0. The summed E-state index contributed by atoms with van der Waals surface area (Å²) in [5, 5.41) is 14.4. The first kappa shape index (κ1) is 17.1. The Morgan fingerprint density at radius 2 is 1.79 bits per heavy atom. The third-order valence-electron chi connectivity index (χ3n) is 5.17. The fourth-order valence-electron chi connectivity index (χ4n) is 3.65. The van der Waals surface area contributed by atoms with Gasteiger partial charge in [0.25, 0.3) is 0 Å². The molecule has 2 aromatic carbocycles. The van der Waals surface area contributed by atoms with Crippen LogP contribution in [0.1, 0.15) is 5.56 Å². The van der Waals surface area contributed by atoms with Gasteiger partial charge in [-0.2, -0.15) is 10.4 Å². The van der Waals surface area contributed by atoms with Crippen LogP contribution in [0.5, 0.6) is 0 Å². The second kappa shape index (κ2) is 6.24. The second-order valence-electron chi connectivity index (χ2n) is 6.92. The lowest BCUT2D eigenvalue weighted by molar-refractivity contribution is 0.624. The first-order valence-corrected chi connectivity index (χ1v) is 8.99. The van der Waals surface area contributed by atoms with Gasteiger partial charge in [0.1, 0.15) is 17.4 Å². The van der Waals surface area contributed by atoms with Crippen molar-refractivity contribution in [1.82, 2.24) is 24.3 Å². The van der Waals surface area contributed by atoms with Gasteiger partial charge in [-0.25, -0.2) is 9.37 Å². The Morgan fingerprint density at radius 3 is 2.59 bits per heavy atom. The van der Waals surface area contributed by atoms with E-state index in [0.717, 1.165) is 33.1 Å². The van der Waals surface area contributed by atoms with Gasteiger partial charge in [-0.05, 0) is 29.8 Å². The summed E-state index contributed by atoms with van der Waals surface area (Å²) in [6.07, 6.45) is 5.29. The molecule has 0 unspecified atom stereocenters. The number of rotatable bonds is 2. The molecule has 3 aromatic heterocycles. The Labute approximate surface area is 165 Å². The summed E-state index contributed by atoms with van der Waals surface area (Å²) in [7, 11) is 3.78. The Morgan fingerprint density at radius 1 is 0.966 bits per heavy atom. The van der Waals surface area contributed by atoms with Gasteiger partial charge in [-0.3, -0.25) is 9.67 Å². The number of benzene rings is 2. The van der Waals surface area contributed by atoms with E-state index in [9.17, 15) is 4.39 Å². The van der Waals surface area contributed by atoms with Crippen molar-refractivity contribution in [2.24, 2.45) is 14.1 Å². The van der Waals surface area contributed by atoms with Crippen LogP contribution in [-0.4, -0.2) is 24.3 Å². The van der Waals surface area contributed by atoms with Crippen LogP contribution in [0, 0.1) is 17.1 Å². The molecule has 0 spiro atoms. The first-order valence-electron chi connectivity index (χ1n) is 8.99. The predicted octanol–water partition coefficient (Wildman–Crippen LogP) is 4.20. The number of pyridine rings is 1. The van der Waals surface area contributed by atoms with Gasteiger partial charge in [0.05, 0.1) is 41.0 Å². The molecule has 29 heavy (non-hydrogen) atoms. The maximum Gasteiger partial charge on any atom is 0.141 e. The minimum atomic E-state index is -0.563. The second-order valence-corrected chi connectivity index (χ2v) is 6.92. The zero-order chi connectivity index (χ0) is 20.1. The van der Waals surface area contributed by atoms with Crippen molar-refractivity contribution in [2.75, 3.05) is 0 Å². The minimum absolute atomic E-state index is 0.00762. The average Bonchev–Trinajstić information content (AvgIpc) is 3.30. The van der Waals surface area contributed by atoms with Crippen LogP contribution in [0.3, 0.4) is 0 Å². The number of fused-ring (bicyclic) bond motifs is 2. The van der Waals surface area contributed by atoms with Gasteiger partial charge in [-0.15, -0.1) is 0 Å². The van der Waals surface area contributed by atoms with Crippen LogP contribution < -0.4 is 0 Å². The van der Waals surface area contributed by atoms with E-state index >= 15 is 0 Å². The maximum atomic E-state index is 14.4. The topological polar surface area (TPSA) is 72.3 Å². The summed E-state index contributed by atoms with van der Waals surface area (Å²) >= 11 is 0. The highest BCUT2D eigenvalue weighted by molar-refractivity contribution is 6.00. The van der Waals surface area contributed by atoms with Crippen molar-refractivity contribution in [3.8, 4) is 28.5 Å². The standard InChI is InChI=1S/C22H15FN6/c1-28-12-26-22-19(28)11-25-21(14-5-6-18-16(7-14)10-27-29(18)2)20(22)13-3-4-15(9-24)17(23)8-13/h3-8,10-12H,1-2H3. The Hall–Kier alpha value is -4.05. The third-order valence-corrected chi connectivity index (χ3v) is 5.17. The van der Waals surface area contributed by atoms with E-state index in [-0.39, 0.29) is 5.56 Å².